The Labute approximate surface area is 84.2 Å². The average molecular weight is 193 g/mol. The van der Waals surface area contributed by atoms with Crippen molar-refractivity contribution in [3.8, 4) is 12.3 Å². The Morgan fingerprint density at radius 1 is 1.57 bits per heavy atom. The molecule has 4 nitrogen and oxygen atoms in total. The SMILES string of the molecule is C#CC(C)N1C(=O)N=C(N)C1C(C)C. The second kappa shape index (κ2) is 3.70. The molecule has 76 valence electrons. The van der Waals surface area contributed by atoms with Crippen LogP contribution in [0.2, 0.25) is 0 Å². The fourth-order valence-electron chi connectivity index (χ4n) is 1.65. The van der Waals surface area contributed by atoms with Crippen LogP contribution in [0.15, 0.2) is 4.99 Å². The number of carbonyl (C=O) groups excluding carboxylic acids is 1. The molecule has 0 spiro atoms. The molecule has 1 aliphatic heterocycles. The average Bonchev–Trinajstić information content (AvgIpc) is 2.39. The van der Waals surface area contributed by atoms with Crippen LogP contribution in [0.4, 0.5) is 4.79 Å². The van der Waals surface area contributed by atoms with Crippen molar-refractivity contribution in [2.75, 3.05) is 0 Å². The molecule has 0 bridgehead atoms. The summed E-state index contributed by atoms with van der Waals surface area (Å²) in [5.41, 5.74) is 5.67. The first kappa shape index (κ1) is 10.6. The summed E-state index contributed by atoms with van der Waals surface area (Å²) in [6.45, 7) is 5.77. The quantitative estimate of drug-likeness (QED) is 0.660. The summed E-state index contributed by atoms with van der Waals surface area (Å²) in [6, 6.07) is -0.750. The molecular weight excluding hydrogens is 178 g/mol. The molecule has 0 radical (unpaired) electrons. The second-order valence-corrected chi connectivity index (χ2v) is 3.76. The van der Waals surface area contributed by atoms with Crippen molar-refractivity contribution in [3.63, 3.8) is 0 Å². The highest BCUT2D eigenvalue weighted by Crippen LogP contribution is 2.20. The lowest BCUT2D eigenvalue weighted by Gasteiger charge is -2.29. The predicted octanol–water partition coefficient (Wildman–Crippen LogP) is 0.826. The van der Waals surface area contributed by atoms with Gasteiger partial charge in [0.2, 0.25) is 0 Å². The molecule has 2 N–H and O–H groups in total. The number of carbonyl (C=O) groups is 1. The van der Waals surface area contributed by atoms with E-state index in [0.29, 0.717) is 5.84 Å². The van der Waals surface area contributed by atoms with Crippen LogP contribution in [0.1, 0.15) is 20.8 Å². The largest absolute Gasteiger partial charge is 0.385 e. The summed E-state index contributed by atoms with van der Waals surface area (Å²) in [6.07, 6.45) is 5.29. The van der Waals surface area contributed by atoms with Crippen LogP contribution in [-0.2, 0) is 0 Å². The number of amides is 2. The van der Waals surface area contributed by atoms with Crippen LogP contribution in [0, 0.1) is 18.3 Å². The minimum Gasteiger partial charge on any atom is -0.385 e. The van der Waals surface area contributed by atoms with Crippen LogP contribution in [0.5, 0.6) is 0 Å². The predicted molar refractivity (Wildman–Crippen MR) is 55.8 cm³/mol. The van der Waals surface area contributed by atoms with Gasteiger partial charge in [-0.25, -0.2) is 4.79 Å². The maximum Gasteiger partial charge on any atom is 0.346 e. The number of terminal acetylenes is 1. The van der Waals surface area contributed by atoms with Crippen molar-refractivity contribution in [2.45, 2.75) is 32.9 Å². The zero-order valence-electron chi connectivity index (χ0n) is 8.69. The van der Waals surface area contributed by atoms with E-state index in [1.165, 1.54) is 0 Å². The zero-order valence-corrected chi connectivity index (χ0v) is 8.69. The molecule has 0 saturated heterocycles. The Morgan fingerprint density at radius 2 is 2.14 bits per heavy atom. The Kier molecular flexibility index (Phi) is 2.80. The van der Waals surface area contributed by atoms with E-state index in [0.717, 1.165) is 0 Å². The topological polar surface area (TPSA) is 58.7 Å². The van der Waals surface area contributed by atoms with Gasteiger partial charge in [0.25, 0.3) is 0 Å². The maximum absolute atomic E-state index is 11.5. The van der Waals surface area contributed by atoms with E-state index in [1.54, 1.807) is 11.8 Å². The van der Waals surface area contributed by atoms with Gasteiger partial charge in [-0.1, -0.05) is 19.8 Å². The number of nitrogens with zero attached hydrogens (tertiary/aromatic N) is 2. The molecule has 0 saturated carbocycles. The summed E-state index contributed by atoms with van der Waals surface area (Å²) in [5, 5.41) is 0. The summed E-state index contributed by atoms with van der Waals surface area (Å²) in [7, 11) is 0. The number of urea groups is 1. The molecule has 1 rings (SSSR count). The van der Waals surface area contributed by atoms with E-state index in [9.17, 15) is 4.79 Å². The number of amidine groups is 1. The molecule has 0 aliphatic carbocycles. The number of aliphatic imine (C=N–C) groups is 1. The number of nitrogens with two attached hydrogens (primary N) is 1. The molecule has 0 aromatic heterocycles. The maximum atomic E-state index is 11.5. The smallest absolute Gasteiger partial charge is 0.346 e. The lowest BCUT2D eigenvalue weighted by atomic mass is 10.0. The normalized spacial score (nSPS) is 23.6. The Balaban J connectivity index is 2.96. The van der Waals surface area contributed by atoms with Gasteiger partial charge >= 0.3 is 6.03 Å². The van der Waals surface area contributed by atoms with E-state index >= 15 is 0 Å². The van der Waals surface area contributed by atoms with E-state index in [2.05, 4.69) is 10.9 Å². The molecule has 1 heterocycles. The van der Waals surface area contributed by atoms with Crippen LogP contribution < -0.4 is 5.73 Å². The number of hydrogen-bond donors (Lipinski definition) is 1. The van der Waals surface area contributed by atoms with Crippen LogP contribution in [-0.4, -0.2) is 28.9 Å². The fourth-order valence-corrected chi connectivity index (χ4v) is 1.65. The first-order valence-electron chi connectivity index (χ1n) is 4.61. The van der Waals surface area contributed by atoms with Gasteiger partial charge in [-0.05, 0) is 12.8 Å². The molecule has 4 heteroatoms. The first-order valence-corrected chi connectivity index (χ1v) is 4.61. The minimum atomic E-state index is -0.327. The second-order valence-electron chi connectivity index (χ2n) is 3.76. The Hall–Kier alpha value is -1.50. The van der Waals surface area contributed by atoms with E-state index < -0.39 is 0 Å². The molecule has 0 aromatic carbocycles. The van der Waals surface area contributed by atoms with Gasteiger partial charge < -0.3 is 5.73 Å². The van der Waals surface area contributed by atoms with E-state index in [1.807, 2.05) is 13.8 Å². The van der Waals surface area contributed by atoms with Gasteiger partial charge in [0.15, 0.2) is 0 Å². The highest BCUT2D eigenvalue weighted by atomic mass is 16.2. The molecule has 1 aliphatic rings. The zero-order chi connectivity index (χ0) is 10.9. The van der Waals surface area contributed by atoms with Crippen molar-refractivity contribution < 1.29 is 4.79 Å². The van der Waals surface area contributed by atoms with Crippen LogP contribution in [0.3, 0.4) is 0 Å². The van der Waals surface area contributed by atoms with Crippen molar-refractivity contribution in [2.24, 2.45) is 16.6 Å². The lowest BCUT2D eigenvalue weighted by Crippen LogP contribution is -2.47. The van der Waals surface area contributed by atoms with Crippen molar-refractivity contribution in [3.05, 3.63) is 0 Å². The standard InChI is InChI=1S/C10H15N3O/c1-5-7(4)13-8(6(2)3)9(11)12-10(13)14/h1,6-8H,2-4H3,(H2,11,12,14). The third kappa shape index (κ3) is 1.58. The Bertz CT molecular complexity index is 314. The molecule has 2 unspecified atom stereocenters. The van der Waals surface area contributed by atoms with Gasteiger partial charge in [-0.2, -0.15) is 4.99 Å². The van der Waals surface area contributed by atoms with Crippen molar-refractivity contribution >= 4 is 11.9 Å². The molecule has 2 amide bonds. The summed E-state index contributed by atoms with van der Waals surface area (Å²) < 4.78 is 0. The van der Waals surface area contributed by atoms with E-state index in [4.69, 9.17) is 12.2 Å². The summed E-state index contributed by atoms with van der Waals surface area (Å²) in [4.78, 5) is 16.7. The van der Waals surface area contributed by atoms with Gasteiger partial charge in [-0.3, -0.25) is 4.90 Å². The highest BCUT2D eigenvalue weighted by Gasteiger charge is 2.37. The highest BCUT2D eigenvalue weighted by molar-refractivity contribution is 6.03. The van der Waals surface area contributed by atoms with Crippen molar-refractivity contribution in [1.82, 2.24) is 4.90 Å². The molecule has 0 fully saturated rings. The molecule has 2 atom stereocenters. The third-order valence-electron chi connectivity index (χ3n) is 2.34. The molecular formula is C10H15N3O. The number of rotatable bonds is 2. The molecule has 0 aromatic rings. The molecule has 14 heavy (non-hydrogen) atoms. The van der Waals surface area contributed by atoms with Gasteiger partial charge in [0, 0.05) is 0 Å². The number of hydrogen-bond acceptors (Lipinski definition) is 2. The summed E-state index contributed by atoms with van der Waals surface area (Å²) >= 11 is 0. The Morgan fingerprint density at radius 3 is 2.57 bits per heavy atom. The van der Waals surface area contributed by atoms with E-state index in [-0.39, 0.29) is 24.0 Å². The van der Waals surface area contributed by atoms with Crippen molar-refractivity contribution in [1.29, 1.82) is 0 Å². The van der Waals surface area contributed by atoms with Gasteiger partial charge in [-0.15, -0.1) is 6.42 Å². The third-order valence-corrected chi connectivity index (χ3v) is 2.34. The first-order chi connectivity index (χ1) is 6.49. The minimum absolute atomic E-state index is 0.159. The lowest BCUT2D eigenvalue weighted by molar-refractivity contribution is 0.186. The van der Waals surface area contributed by atoms with Crippen LogP contribution in [0.25, 0.3) is 0 Å². The summed E-state index contributed by atoms with van der Waals surface area (Å²) in [5.74, 6) is 3.11. The monoisotopic (exact) mass is 193 g/mol. The van der Waals surface area contributed by atoms with Gasteiger partial charge in [0.05, 0.1) is 12.1 Å². The fraction of sp³-hybridized carbons (Fsp3) is 0.600. The van der Waals surface area contributed by atoms with Crippen LogP contribution >= 0.6 is 0 Å². The van der Waals surface area contributed by atoms with Gasteiger partial charge in [0.1, 0.15) is 5.84 Å².